The number of amides is 1. The smallest absolute Gasteiger partial charge is 0.251 e. The molecule has 2 rings (SSSR count). The lowest BCUT2D eigenvalue weighted by Crippen LogP contribution is -2.29. The van der Waals surface area contributed by atoms with Crippen molar-refractivity contribution in [1.29, 1.82) is 0 Å². The Bertz CT molecular complexity index is 578. The Morgan fingerprint density at radius 1 is 1.42 bits per heavy atom. The van der Waals surface area contributed by atoms with E-state index in [2.05, 4.69) is 21.2 Å². The van der Waals surface area contributed by atoms with E-state index in [1.54, 1.807) is 6.07 Å². The standard InChI is InChI=1S/C13H16BrNO3S/c1-9-4-11(6-12(14)5-9)13(16)15-7-10-2-3-19(17,18)8-10/h4-6,10H,2-3,7-8H2,1H3,(H,15,16). The predicted octanol–water partition coefficient (Wildman–Crippen LogP) is 1.92. The molecule has 1 aromatic carbocycles. The zero-order chi connectivity index (χ0) is 14.0. The summed E-state index contributed by atoms with van der Waals surface area (Å²) in [7, 11) is -2.88. The Labute approximate surface area is 121 Å². The van der Waals surface area contributed by atoms with Crippen molar-refractivity contribution >= 4 is 31.7 Å². The van der Waals surface area contributed by atoms with Gasteiger partial charge in [-0.15, -0.1) is 0 Å². The topological polar surface area (TPSA) is 63.2 Å². The van der Waals surface area contributed by atoms with Gasteiger partial charge in [-0.1, -0.05) is 15.9 Å². The Morgan fingerprint density at radius 2 is 2.16 bits per heavy atom. The number of aryl methyl sites for hydroxylation is 1. The highest BCUT2D eigenvalue weighted by molar-refractivity contribution is 9.10. The molecule has 1 amide bonds. The summed E-state index contributed by atoms with van der Waals surface area (Å²) in [5.74, 6) is 0.310. The van der Waals surface area contributed by atoms with Crippen LogP contribution in [0.15, 0.2) is 22.7 Å². The van der Waals surface area contributed by atoms with E-state index in [4.69, 9.17) is 0 Å². The molecular formula is C13H16BrNO3S. The van der Waals surface area contributed by atoms with Crippen LogP contribution in [0.3, 0.4) is 0 Å². The normalized spacial score (nSPS) is 21.3. The van der Waals surface area contributed by atoms with Crippen LogP contribution in [0.1, 0.15) is 22.3 Å². The minimum absolute atomic E-state index is 0.0437. The van der Waals surface area contributed by atoms with Crippen LogP contribution in [0.4, 0.5) is 0 Å². The summed E-state index contributed by atoms with van der Waals surface area (Å²) in [6.07, 6.45) is 0.639. The van der Waals surface area contributed by atoms with Gasteiger partial charge in [0.2, 0.25) is 0 Å². The maximum absolute atomic E-state index is 12.0. The molecule has 1 unspecified atom stereocenters. The van der Waals surface area contributed by atoms with E-state index >= 15 is 0 Å². The van der Waals surface area contributed by atoms with E-state index in [0.29, 0.717) is 18.5 Å². The SMILES string of the molecule is Cc1cc(Br)cc(C(=O)NCC2CCS(=O)(=O)C2)c1. The molecular weight excluding hydrogens is 330 g/mol. The number of benzene rings is 1. The molecule has 1 saturated heterocycles. The van der Waals surface area contributed by atoms with E-state index in [9.17, 15) is 13.2 Å². The Kier molecular flexibility index (Phi) is 4.30. The number of carbonyl (C=O) groups is 1. The third-order valence-corrected chi connectivity index (χ3v) is 5.48. The van der Waals surface area contributed by atoms with Crippen LogP contribution in [0.5, 0.6) is 0 Å². The van der Waals surface area contributed by atoms with Crippen molar-refractivity contribution in [3.05, 3.63) is 33.8 Å². The molecule has 1 N–H and O–H groups in total. The van der Waals surface area contributed by atoms with Gasteiger partial charge >= 0.3 is 0 Å². The molecule has 0 aromatic heterocycles. The van der Waals surface area contributed by atoms with Crippen LogP contribution >= 0.6 is 15.9 Å². The highest BCUT2D eigenvalue weighted by atomic mass is 79.9. The largest absolute Gasteiger partial charge is 0.352 e. The zero-order valence-electron chi connectivity index (χ0n) is 10.6. The molecule has 1 aliphatic heterocycles. The lowest BCUT2D eigenvalue weighted by Gasteiger charge is -2.10. The van der Waals surface area contributed by atoms with E-state index in [1.165, 1.54) is 0 Å². The fourth-order valence-corrected chi connectivity index (χ4v) is 4.71. The second-order valence-electron chi connectivity index (χ2n) is 5.00. The first-order chi connectivity index (χ1) is 8.85. The fourth-order valence-electron chi connectivity index (χ4n) is 2.24. The van der Waals surface area contributed by atoms with Crippen molar-refractivity contribution < 1.29 is 13.2 Å². The number of hydrogen-bond acceptors (Lipinski definition) is 3. The van der Waals surface area contributed by atoms with Gasteiger partial charge in [-0.25, -0.2) is 8.42 Å². The Hall–Kier alpha value is -0.880. The second kappa shape index (κ2) is 5.63. The first-order valence-electron chi connectivity index (χ1n) is 6.11. The Balaban J connectivity index is 1.95. The lowest BCUT2D eigenvalue weighted by atomic mass is 10.1. The van der Waals surface area contributed by atoms with Gasteiger partial charge in [-0.3, -0.25) is 4.79 Å². The first-order valence-corrected chi connectivity index (χ1v) is 8.73. The van der Waals surface area contributed by atoms with Gasteiger partial charge < -0.3 is 5.32 Å². The van der Waals surface area contributed by atoms with Gasteiger partial charge in [0.15, 0.2) is 9.84 Å². The minimum atomic E-state index is -2.88. The van der Waals surface area contributed by atoms with Gasteiger partial charge in [-0.05, 0) is 43.0 Å². The number of halogens is 1. The summed E-state index contributed by atoms with van der Waals surface area (Å²) in [5, 5.41) is 2.81. The van der Waals surface area contributed by atoms with Crippen LogP contribution in [0, 0.1) is 12.8 Å². The maximum atomic E-state index is 12.0. The number of rotatable bonds is 3. The van der Waals surface area contributed by atoms with Crippen LogP contribution in [-0.4, -0.2) is 32.4 Å². The summed E-state index contributed by atoms with van der Waals surface area (Å²) in [4.78, 5) is 12.0. The average molecular weight is 346 g/mol. The summed E-state index contributed by atoms with van der Waals surface area (Å²) in [6, 6.07) is 5.50. The molecule has 6 heteroatoms. The lowest BCUT2D eigenvalue weighted by molar-refractivity contribution is 0.0948. The molecule has 0 radical (unpaired) electrons. The molecule has 0 aliphatic carbocycles. The predicted molar refractivity (Wildman–Crippen MR) is 78.0 cm³/mol. The zero-order valence-corrected chi connectivity index (χ0v) is 13.1. The minimum Gasteiger partial charge on any atom is -0.352 e. The van der Waals surface area contributed by atoms with Crippen molar-refractivity contribution in [2.24, 2.45) is 5.92 Å². The van der Waals surface area contributed by atoms with E-state index in [0.717, 1.165) is 10.0 Å². The summed E-state index contributed by atoms with van der Waals surface area (Å²) < 4.78 is 23.5. The van der Waals surface area contributed by atoms with Crippen molar-refractivity contribution in [1.82, 2.24) is 5.32 Å². The highest BCUT2D eigenvalue weighted by Gasteiger charge is 2.27. The van der Waals surface area contributed by atoms with Gasteiger partial charge in [-0.2, -0.15) is 0 Å². The van der Waals surface area contributed by atoms with Crippen molar-refractivity contribution in [2.45, 2.75) is 13.3 Å². The van der Waals surface area contributed by atoms with Crippen LogP contribution in [-0.2, 0) is 9.84 Å². The molecule has 0 saturated carbocycles. The van der Waals surface area contributed by atoms with E-state index in [1.807, 2.05) is 19.1 Å². The van der Waals surface area contributed by atoms with Gasteiger partial charge in [0, 0.05) is 16.6 Å². The molecule has 19 heavy (non-hydrogen) atoms. The van der Waals surface area contributed by atoms with Crippen LogP contribution in [0.25, 0.3) is 0 Å². The molecule has 1 aromatic rings. The third-order valence-electron chi connectivity index (χ3n) is 3.18. The second-order valence-corrected chi connectivity index (χ2v) is 8.14. The van der Waals surface area contributed by atoms with Crippen molar-refractivity contribution in [2.75, 3.05) is 18.1 Å². The third kappa shape index (κ3) is 4.04. The Morgan fingerprint density at radius 3 is 2.74 bits per heavy atom. The maximum Gasteiger partial charge on any atom is 0.251 e. The quantitative estimate of drug-likeness (QED) is 0.910. The fraction of sp³-hybridized carbons (Fsp3) is 0.462. The van der Waals surface area contributed by atoms with Gasteiger partial charge in [0.1, 0.15) is 0 Å². The summed E-state index contributed by atoms with van der Waals surface area (Å²) >= 11 is 3.35. The molecule has 1 aliphatic rings. The molecule has 1 heterocycles. The van der Waals surface area contributed by atoms with E-state index < -0.39 is 9.84 Å². The van der Waals surface area contributed by atoms with Crippen LogP contribution < -0.4 is 5.32 Å². The first kappa shape index (κ1) is 14.5. The molecule has 1 atom stereocenters. The summed E-state index contributed by atoms with van der Waals surface area (Å²) in [5.41, 5.74) is 1.59. The molecule has 4 nitrogen and oxygen atoms in total. The average Bonchev–Trinajstić information content (AvgIpc) is 2.64. The monoisotopic (exact) mass is 345 g/mol. The molecule has 0 spiro atoms. The molecule has 0 bridgehead atoms. The molecule has 1 fully saturated rings. The van der Waals surface area contributed by atoms with Gasteiger partial charge in [0.25, 0.3) is 5.91 Å². The summed E-state index contributed by atoms with van der Waals surface area (Å²) in [6.45, 7) is 2.34. The number of hydrogen-bond donors (Lipinski definition) is 1. The molecule has 104 valence electrons. The highest BCUT2D eigenvalue weighted by Crippen LogP contribution is 2.18. The number of carbonyl (C=O) groups excluding carboxylic acids is 1. The van der Waals surface area contributed by atoms with Gasteiger partial charge in [0.05, 0.1) is 11.5 Å². The van der Waals surface area contributed by atoms with Crippen LogP contribution in [0.2, 0.25) is 0 Å². The van der Waals surface area contributed by atoms with Crippen molar-refractivity contribution in [3.63, 3.8) is 0 Å². The number of sulfone groups is 1. The number of nitrogens with one attached hydrogen (secondary N) is 1. The van der Waals surface area contributed by atoms with Crippen molar-refractivity contribution in [3.8, 4) is 0 Å². The van der Waals surface area contributed by atoms with E-state index in [-0.39, 0.29) is 23.3 Å².